The van der Waals surface area contributed by atoms with Gasteiger partial charge in [-0.15, -0.1) is 0 Å². The van der Waals surface area contributed by atoms with Gasteiger partial charge in [0, 0.05) is 33.7 Å². The summed E-state index contributed by atoms with van der Waals surface area (Å²) in [5.74, 6) is -0.232. The number of hydrogen-bond acceptors (Lipinski definition) is 0. The number of fused-ring (bicyclic) bond motifs is 1. The molecule has 0 unspecified atom stereocenters. The second-order valence-corrected chi connectivity index (χ2v) is 5.22. The molecule has 3 rings (SSSR count). The van der Waals surface area contributed by atoms with Gasteiger partial charge in [-0.2, -0.15) is 0 Å². The molecule has 0 N–H and O–H groups in total. The van der Waals surface area contributed by atoms with Crippen molar-refractivity contribution in [2.24, 2.45) is 7.05 Å². The zero-order valence-corrected chi connectivity index (χ0v) is 11.4. The molecular weight excluding hydrogens is 293 g/mol. The SMILES string of the molecule is Cn1c(-c2cc(F)cc(Br)c2)cc2ccccc21. The maximum Gasteiger partial charge on any atom is 0.125 e. The van der Waals surface area contributed by atoms with Gasteiger partial charge in [0.15, 0.2) is 0 Å². The lowest BCUT2D eigenvalue weighted by atomic mass is 10.1. The first-order valence-electron chi connectivity index (χ1n) is 5.66. The molecule has 0 spiro atoms. The monoisotopic (exact) mass is 303 g/mol. The van der Waals surface area contributed by atoms with E-state index in [0.717, 1.165) is 26.6 Å². The number of benzene rings is 2. The standard InChI is InChI=1S/C15H11BrFN/c1-18-14-5-3-2-4-10(14)8-15(18)11-6-12(16)9-13(17)7-11/h2-9H,1H3. The maximum absolute atomic E-state index is 13.5. The normalized spacial score (nSPS) is 11.1. The molecule has 0 bridgehead atoms. The van der Waals surface area contributed by atoms with Gasteiger partial charge in [-0.1, -0.05) is 34.1 Å². The predicted molar refractivity (Wildman–Crippen MR) is 76.0 cm³/mol. The van der Waals surface area contributed by atoms with Gasteiger partial charge in [0.2, 0.25) is 0 Å². The molecule has 90 valence electrons. The number of hydrogen-bond donors (Lipinski definition) is 0. The van der Waals surface area contributed by atoms with Crippen molar-refractivity contribution in [1.82, 2.24) is 4.57 Å². The van der Waals surface area contributed by atoms with Crippen molar-refractivity contribution in [1.29, 1.82) is 0 Å². The minimum atomic E-state index is -0.232. The van der Waals surface area contributed by atoms with E-state index < -0.39 is 0 Å². The number of halogens is 2. The maximum atomic E-state index is 13.5. The highest BCUT2D eigenvalue weighted by Crippen LogP contribution is 2.29. The highest BCUT2D eigenvalue weighted by Gasteiger charge is 2.09. The molecule has 0 saturated heterocycles. The van der Waals surface area contributed by atoms with Gasteiger partial charge in [-0.05, 0) is 30.3 Å². The zero-order valence-electron chi connectivity index (χ0n) is 9.82. The van der Waals surface area contributed by atoms with Gasteiger partial charge in [0.25, 0.3) is 0 Å². The first-order valence-corrected chi connectivity index (χ1v) is 6.45. The van der Waals surface area contributed by atoms with Gasteiger partial charge in [-0.25, -0.2) is 4.39 Å². The lowest BCUT2D eigenvalue weighted by Crippen LogP contribution is -1.91. The van der Waals surface area contributed by atoms with Crippen molar-refractivity contribution in [2.75, 3.05) is 0 Å². The largest absolute Gasteiger partial charge is 0.344 e. The molecule has 0 aliphatic carbocycles. The van der Waals surface area contributed by atoms with Crippen molar-refractivity contribution in [3.63, 3.8) is 0 Å². The summed E-state index contributed by atoms with van der Waals surface area (Å²) in [4.78, 5) is 0. The van der Waals surface area contributed by atoms with E-state index in [-0.39, 0.29) is 5.82 Å². The van der Waals surface area contributed by atoms with E-state index in [1.165, 1.54) is 6.07 Å². The average Bonchev–Trinajstić information content (AvgIpc) is 2.66. The third-order valence-corrected chi connectivity index (χ3v) is 3.57. The van der Waals surface area contributed by atoms with Crippen molar-refractivity contribution in [3.05, 3.63) is 58.8 Å². The van der Waals surface area contributed by atoms with E-state index in [1.807, 2.05) is 25.2 Å². The molecule has 0 aliphatic rings. The van der Waals surface area contributed by atoms with Gasteiger partial charge < -0.3 is 4.57 Å². The highest BCUT2D eigenvalue weighted by molar-refractivity contribution is 9.10. The van der Waals surface area contributed by atoms with E-state index in [2.05, 4.69) is 38.7 Å². The first-order chi connectivity index (χ1) is 8.65. The van der Waals surface area contributed by atoms with E-state index in [1.54, 1.807) is 6.07 Å². The van der Waals surface area contributed by atoms with Crippen LogP contribution in [0.1, 0.15) is 0 Å². The van der Waals surface area contributed by atoms with Crippen LogP contribution >= 0.6 is 15.9 Å². The number of aryl methyl sites for hydroxylation is 1. The summed E-state index contributed by atoms with van der Waals surface area (Å²) in [6, 6.07) is 15.2. The second-order valence-electron chi connectivity index (χ2n) is 4.31. The minimum Gasteiger partial charge on any atom is -0.344 e. The summed E-state index contributed by atoms with van der Waals surface area (Å²) < 4.78 is 16.3. The van der Waals surface area contributed by atoms with Crippen LogP contribution in [0.15, 0.2) is 53.0 Å². The quantitative estimate of drug-likeness (QED) is 0.611. The fraction of sp³-hybridized carbons (Fsp3) is 0.0667. The van der Waals surface area contributed by atoms with Crippen molar-refractivity contribution in [2.45, 2.75) is 0 Å². The van der Waals surface area contributed by atoms with E-state index >= 15 is 0 Å². The molecule has 1 nitrogen and oxygen atoms in total. The third-order valence-electron chi connectivity index (χ3n) is 3.11. The number of aromatic nitrogens is 1. The Morgan fingerprint density at radius 1 is 1.06 bits per heavy atom. The topological polar surface area (TPSA) is 4.93 Å². The van der Waals surface area contributed by atoms with Crippen LogP contribution in [0.25, 0.3) is 22.2 Å². The van der Waals surface area contributed by atoms with Crippen molar-refractivity contribution in [3.8, 4) is 11.3 Å². The molecule has 3 heteroatoms. The van der Waals surface area contributed by atoms with Gasteiger partial charge >= 0.3 is 0 Å². The molecule has 2 aromatic carbocycles. The number of rotatable bonds is 1. The molecule has 0 saturated carbocycles. The fourth-order valence-corrected chi connectivity index (χ4v) is 2.73. The average molecular weight is 304 g/mol. The molecular formula is C15H11BrFN. The summed E-state index contributed by atoms with van der Waals surface area (Å²) in [7, 11) is 2.00. The number of para-hydroxylation sites is 1. The Balaban J connectivity index is 2.28. The van der Waals surface area contributed by atoms with Crippen molar-refractivity contribution >= 4 is 26.8 Å². The Morgan fingerprint density at radius 3 is 2.56 bits per heavy atom. The molecule has 0 amide bonds. The smallest absolute Gasteiger partial charge is 0.125 e. The van der Waals surface area contributed by atoms with Gasteiger partial charge in [-0.3, -0.25) is 0 Å². The Kier molecular flexibility index (Phi) is 2.71. The lowest BCUT2D eigenvalue weighted by Gasteiger charge is -2.05. The predicted octanol–water partition coefficient (Wildman–Crippen LogP) is 4.75. The summed E-state index contributed by atoms with van der Waals surface area (Å²) >= 11 is 3.33. The number of nitrogens with zero attached hydrogens (tertiary/aromatic N) is 1. The van der Waals surface area contributed by atoms with Crippen LogP contribution in [0.4, 0.5) is 4.39 Å². The first kappa shape index (κ1) is 11.5. The molecule has 0 atom stereocenters. The van der Waals surface area contributed by atoms with Crippen LogP contribution in [0.2, 0.25) is 0 Å². The zero-order chi connectivity index (χ0) is 12.7. The molecule has 0 radical (unpaired) electrons. The summed E-state index contributed by atoms with van der Waals surface area (Å²) in [5.41, 5.74) is 3.03. The van der Waals surface area contributed by atoms with Gasteiger partial charge in [0.1, 0.15) is 5.82 Å². The second kappa shape index (κ2) is 4.25. The summed E-state index contributed by atoms with van der Waals surface area (Å²) in [5, 5.41) is 1.16. The van der Waals surface area contributed by atoms with Crippen molar-refractivity contribution < 1.29 is 4.39 Å². The Labute approximate surface area is 113 Å². The highest BCUT2D eigenvalue weighted by atomic mass is 79.9. The van der Waals surface area contributed by atoms with E-state index in [4.69, 9.17) is 0 Å². The van der Waals surface area contributed by atoms with Crippen LogP contribution in [0, 0.1) is 5.82 Å². The van der Waals surface area contributed by atoms with Crippen LogP contribution in [0.3, 0.4) is 0 Å². The third kappa shape index (κ3) is 1.85. The van der Waals surface area contributed by atoms with Crippen LogP contribution in [0.5, 0.6) is 0 Å². The summed E-state index contributed by atoms with van der Waals surface area (Å²) in [6.07, 6.45) is 0. The van der Waals surface area contributed by atoms with Crippen LogP contribution in [-0.4, -0.2) is 4.57 Å². The lowest BCUT2D eigenvalue weighted by molar-refractivity contribution is 0.627. The van der Waals surface area contributed by atoms with Crippen LogP contribution in [-0.2, 0) is 7.05 Å². The Bertz CT molecular complexity index is 710. The molecule has 1 aromatic heterocycles. The summed E-state index contributed by atoms with van der Waals surface area (Å²) in [6.45, 7) is 0. The molecule has 0 fully saturated rings. The van der Waals surface area contributed by atoms with Crippen LogP contribution < -0.4 is 0 Å². The molecule has 0 aliphatic heterocycles. The Morgan fingerprint density at radius 2 is 1.83 bits per heavy atom. The molecule has 1 heterocycles. The Hall–Kier alpha value is -1.61. The van der Waals surface area contributed by atoms with E-state index in [9.17, 15) is 4.39 Å². The molecule has 18 heavy (non-hydrogen) atoms. The minimum absolute atomic E-state index is 0.232. The van der Waals surface area contributed by atoms with E-state index in [0.29, 0.717) is 0 Å². The molecule has 3 aromatic rings. The fourth-order valence-electron chi connectivity index (χ4n) is 2.27. The van der Waals surface area contributed by atoms with Gasteiger partial charge in [0.05, 0.1) is 0 Å².